The standard InChI is InChI=1S/C17H27O4P/c1-16(2,3)21-15(20)22-13(14(18)19)17-7-10-4-11(8-17)6-12(5-10)9-17/h10-13,22H,4-9H2,1-3H3,(H,18,19)/t10?,11?,12?,13-,17?/m1/s1. The van der Waals surface area contributed by atoms with Crippen LogP contribution < -0.4 is 0 Å². The molecule has 4 aliphatic carbocycles. The zero-order valence-electron chi connectivity index (χ0n) is 13.7. The fourth-order valence-electron chi connectivity index (χ4n) is 5.43. The smallest absolute Gasteiger partial charge is 0.324 e. The van der Waals surface area contributed by atoms with Crippen molar-refractivity contribution in [1.82, 2.24) is 0 Å². The van der Waals surface area contributed by atoms with Crippen LogP contribution in [-0.4, -0.2) is 28.0 Å². The van der Waals surface area contributed by atoms with E-state index in [2.05, 4.69) is 0 Å². The molecule has 0 aliphatic heterocycles. The van der Waals surface area contributed by atoms with E-state index in [1.54, 1.807) is 0 Å². The van der Waals surface area contributed by atoms with Crippen LogP contribution in [0.4, 0.5) is 4.79 Å². The van der Waals surface area contributed by atoms with Crippen LogP contribution in [0.15, 0.2) is 0 Å². The summed E-state index contributed by atoms with van der Waals surface area (Å²) in [5.74, 6) is 1.27. The van der Waals surface area contributed by atoms with Crippen molar-refractivity contribution in [2.75, 3.05) is 0 Å². The average Bonchev–Trinajstić information content (AvgIpc) is 2.31. The van der Waals surface area contributed by atoms with E-state index in [1.807, 2.05) is 20.8 Å². The van der Waals surface area contributed by atoms with Gasteiger partial charge in [0.1, 0.15) is 5.60 Å². The van der Waals surface area contributed by atoms with Crippen LogP contribution in [0, 0.1) is 23.2 Å². The van der Waals surface area contributed by atoms with Crippen LogP contribution >= 0.6 is 8.58 Å². The van der Waals surface area contributed by atoms with Gasteiger partial charge in [-0.05, 0) is 82.5 Å². The minimum absolute atomic E-state index is 0.143. The van der Waals surface area contributed by atoms with Gasteiger partial charge < -0.3 is 9.84 Å². The highest BCUT2D eigenvalue weighted by atomic mass is 31.1. The summed E-state index contributed by atoms with van der Waals surface area (Å²) in [7, 11) is -0.267. The molecule has 4 saturated carbocycles. The molecule has 0 heterocycles. The summed E-state index contributed by atoms with van der Waals surface area (Å²) in [4.78, 5) is 24.1. The fraction of sp³-hybridized carbons (Fsp3) is 0.882. The van der Waals surface area contributed by atoms with E-state index in [0.717, 1.165) is 19.3 Å². The van der Waals surface area contributed by atoms with Crippen LogP contribution in [0.25, 0.3) is 0 Å². The lowest BCUT2D eigenvalue weighted by Gasteiger charge is -2.58. The maximum Gasteiger partial charge on any atom is 0.324 e. The molecule has 4 nitrogen and oxygen atoms in total. The first-order valence-corrected chi connectivity index (χ1v) is 9.47. The largest absolute Gasteiger partial charge is 0.481 e. The van der Waals surface area contributed by atoms with E-state index in [9.17, 15) is 14.7 Å². The lowest BCUT2D eigenvalue weighted by atomic mass is 9.48. The normalized spacial score (nSPS) is 38.4. The molecular formula is C17H27O4P. The van der Waals surface area contributed by atoms with Crippen LogP contribution in [0.5, 0.6) is 0 Å². The Balaban J connectivity index is 1.77. The van der Waals surface area contributed by atoms with Gasteiger partial charge in [-0.1, -0.05) is 0 Å². The van der Waals surface area contributed by atoms with Crippen LogP contribution in [0.2, 0.25) is 0 Å². The molecule has 0 spiro atoms. The predicted octanol–water partition coefficient (Wildman–Crippen LogP) is 4.27. The van der Waals surface area contributed by atoms with Crippen molar-refractivity contribution in [3.63, 3.8) is 0 Å². The van der Waals surface area contributed by atoms with Gasteiger partial charge >= 0.3 is 11.7 Å². The van der Waals surface area contributed by atoms with Gasteiger partial charge in [0.2, 0.25) is 0 Å². The van der Waals surface area contributed by atoms with E-state index in [4.69, 9.17) is 4.74 Å². The van der Waals surface area contributed by atoms with E-state index < -0.39 is 17.2 Å². The first kappa shape index (κ1) is 16.2. The summed E-state index contributed by atoms with van der Waals surface area (Å²) in [6, 6.07) is 0. The molecule has 4 bridgehead atoms. The first-order valence-electron chi connectivity index (χ1n) is 8.39. The van der Waals surface area contributed by atoms with E-state index in [-0.39, 0.29) is 19.7 Å². The number of rotatable bonds is 4. The molecule has 5 heteroatoms. The van der Waals surface area contributed by atoms with E-state index >= 15 is 0 Å². The van der Waals surface area contributed by atoms with Gasteiger partial charge in [-0.25, -0.2) is 4.79 Å². The molecule has 0 aromatic carbocycles. The van der Waals surface area contributed by atoms with Crippen molar-refractivity contribution in [2.45, 2.75) is 70.6 Å². The lowest BCUT2D eigenvalue weighted by Crippen LogP contribution is -2.52. The van der Waals surface area contributed by atoms with Gasteiger partial charge in [0.05, 0.1) is 5.66 Å². The summed E-state index contributed by atoms with van der Waals surface area (Å²) >= 11 is 0. The highest BCUT2D eigenvalue weighted by Gasteiger charge is 2.56. The molecule has 0 aromatic rings. The van der Waals surface area contributed by atoms with Gasteiger partial charge in [0.15, 0.2) is 0 Å². The molecule has 2 atom stereocenters. The molecule has 1 unspecified atom stereocenters. The Morgan fingerprint density at radius 2 is 1.55 bits per heavy atom. The number of hydrogen-bond donors (Lipinski definition) is 1. The molecule has 0 amide bonds. The third-order valence-corrected chi connectivity index (χ3v) is 7.09. The van der Waals surface area contributed by atoms with Crippen molar-refractivity contribution in [2.24, 2.45) is 23.2 Å². The SMILES string of the molecule is CC(C)(C)OC(=O)P[C@H](C(=O)O)C12CC3CC(CC(C3)C1)C2. The quantitative estimate of drug-likeness (QED) is 0.784. The Hall–Kier alpha value is -0.630. The second kappa shape index (κ2) is 5.47. The second-order valence-electron chi connectivity index (χ2n) is 8.70. The van der Waals surface area contributed by atoms with Gasteiger partial charge in [-0.3, -0.25) is 4.79 Å². The van der Waals surface area contributed by atoms with Gasteiger partial charge in [0.25, 0.3) is 0 Å². The summed E-state index contributed by atoms with van der Waals surface area (Å²) in [6.07, 6.45) is 6.85. The highest BCUT2D eigenvalue weighted by molar-refractivity contribution is 7.58. The summed E-state index contributed by atoms with van der Waals surface area (Å²) in [6.45, 7) is 5.49. The third-order valence-electron chi connectivity index (χ3n) is 5.61. The zero-order chi connectivity index (χ0) is 16.1. The number of carboxylic acids is 1. The summed E-state index contributed by atoms with van der Waals surface area (Å²) < 4.78 is 5.39. The Kier molecular flexibility index (Phi) is 4.04. The van der Waals surface area contributed by atoms with Crippen molar-refractivity contribution < 1.29 is 19.4 Å². The lowest BCUT2D eigenvalue weighted by molar-refractivity contribution is -0.144. The highest BCUT2D eigenvalue weighted by Crippen LogP contribution is 2.63. The van der Waals surface area contributed by atoms with Crippen molar-refractivity contribution in [1.29, 1.82) is 0 Å². The Labute approximate surface area is 134 Å². The molecule has 4 fully saturated rings. The topological polar surface area (TPSA) is 63.6 Å². The monoisotopic (exact) mass is 326 g/mol. The van der Waals surface area contributed by atoms with E-state index in [1.165, 1.54) is 19.3 Å². The molecular weight excluding hydrogens is 299 g/mol. The van der Waals surface area contributed by atoms with Gasteiger partial charge in [0, 0.05) is 8.58 Å². The van der Waals surface area contributed by atoms with Crippen molar-refractivity contribution in [3.05, 3.63) is 0 Å². The molecule has 0 aromatic heterocycles. The molecule has 4 rings (SSSR count). The molecule has 0 radical (unpaired) electrons. The fourth-order valence-corrected chi connectivity index (χ4v) is 6.82. The Morgan fingerprint density at radius 1 is 1.09 bits per heavy atom. The minimum atomic E-state index is -0.800. The average molecular weight is 326 g/mol. The summed E-state index contributed by atoms with van der Waals surface area (Å²) in [5, 5.41) is 9.78. The van der Waals surface area contributed by atoms with E-state index in [0.29, 0.717) is 17.8 Å². The molecule has 124 valence electrons. The van der Waals surface area contributed by atoms with Crippen LogP contribution in [0.1, 0.15) is 59.3 Å². The molecule has 4 aliphatic rings. The van der Waals surface area contributed by atoms with Crippen molar-refractivity contribution >= 4 is 20.3 Å². The van der Waals surface area contributed by atoms with Gasteiger partial charge in [-0.15, -0.1) is 0 Å². The number of ether oxygens (including phenoxy) is 1. The number of hydrogen-bond acceptors (Lipinski definition) is 3. The second-order valence-corrected chi connectivity index (χ2v) is 9.97. The summed E-state index contributed by atoms with van der Waals surface area (Å²) in [5.41, 5.74) is -1.57. The predicted molar refractivity (Wildman–Crippen MR) is 86.6 cm³/mol. The van der Waals surface area contributed by atoms with Gasteiger partial charge in [-0.2, -0.15) is 0 Å². The van der Waals surface area contributed by atoms with Crippen molar-refractivity contribution in [3.8, 4) is 0 Å². The van der Waals surface area contributed by atoms with Crippen LogP contribution in [0.3, 0.4) is 0 Å². The first-order chi connectivity index (χ1) is 10.2. The molecule has 22 heavy (non-hydrogen) atoms. The Bertz CT molecular complexity index is 444. The zero-order valence-corrected chi connectivity index (χ0v) is 14.7. The number of carbonyl (C=O) groups is 2. The number of carbonyl (C=O) groups excluding carboxylic acids is 1. The third kappa shape index (κ3) is 3.18. The van der Waals surface area contributed by atoms with Crippen LogP contribution in [-0.2, 0) is 9.53 Å². The molecule has 0 saturated heterocycles. The Morgan fingerprint density at radius 3 is 1.91 bits per heavy atom. The number of carboxylic acid groups (broad SMARTS) is 1. The number of aliphatic carboxylic acids is 1. The maximum atomic E-state index is 12.2. The molecule has 1 N–H and O–H groups in total. The minimum Gasteiger partial charge on any atom is -0.481 e. The maximum absolute atomic E-state index is 12.2.